The molecule has 0 aliphatic rings. The van der Waals surface area contributed by atoms with E-state index in [4.69, 9.17) is 11.6 Å². The standard InChI is InChI=1S/C16H12ClFN2O/c1-10-5-2-3-8-13(10)20-14(9-17)19-12-7-4-6-11(18)15(12)16(20)21/h2-8H,9H2,1H3. The summed E-state index contributed by atoms with van der Waals surface area (Å²) in [5.41, 5.74) is 1.43. The lowest BCUT2D eigenvalue weighted by Crippen LogP contribution is -2.24. The molecule has 0 aliphatic heterocycles. The number of aromatic nitrogens is 2. The predicted molar refractivity (Wildman–Crippen MR) is 81.6 cm³/mol. The molecule has 0 bridgehead atoms. The Hall–Kier alpha value is -2.20. The molecule has 106 valence electrons. The lowest BCUT2D eigenvalue weighted by atomic mass is 10.2. The summed E-state index contributed by atoms with van der Waals surface area (Å²) in [7, 11) is 0. The van der Waals surface area contributed by atoms with Crippen LogP contribution in [0, 0.1) is 12.7 Å². The number of fused-ring (bicyclic) bond motifs is 1. The molecule has 0 radical (unpaired) electrons. The monoisotopic (exact) mass is 302 g/mol. The van der Waals surface area contributed by atoms with Gasteiger partial charge in [-0.15, -0.1) is 11.6 Å². The quantitative estimate of drug-likeness (QED) is 0.678. The first-order valence-corrected chi connectivity index (χ1v) is 6.99. The van der Waals surface area contributed by atoms with Crippen molar-refractivity contribution in [1.82, 2.24) is 9.55 Å². The molecule has 1 heterocycles. The zero-order chi connectivity index (χ0) is 15.0. The first kappa shape index (κ1) is 13.8. The molecular formula is C16H12ClFN2O. The molecular weight excluding hydrogens is 291 g/mol. The van der Waals surface area contributed by atoms with Gasteiger partial charge in [-0.3, -0.25) is 9.36 Å². The Bertz CT molecular complexity index is 889. The van der Waals surface area contributed by atoms with E-state index in [1.54, 1.807) is 12.1 Å². The molecule has 1 aromatic heterocycles. The van der Waals surface area contributed by atoms with E-state index in [0.717, 1.165) is 5.56 Å². The second-order valence-electron chi connectivity index (χ2n) is 4.72. The smallest absolute Gasteiger partial charge is 0.268 e. The molecule has 5 heteroatoms. The van der Waals surface area contributed by atoms with Crippen LogP contribution >= 0.6 is 11.6 Å². The van der Waals surface area contributed by atoms with Crippen LogP contribution < -0.4 is 5.56 Å². The Kier molecular flexibility index (Phi) is 3.47. The van der Waals surface area contributed by atoms with Gasteiger partial charge in [-0.25, -0.2) is 9.37 Å². The van der Waals surface area contributed by atoms with E-state index < -0.39 is 11.4 Å². The van der Waals surface area contributed by atoms with Gasteiger partial charge in [-0.05, 0) is 30.7 Å². The van der Waals surface area contributed by atoms with Crippen LogP contribution in [0.2, 0.25) is 0 Å². The Labute approximate surface area is 125 Å². The van der Waals surface area contributed by atoms with Crippen molar-refractivity contribution in [3.63, 3.8) is 0 Å². The molecule has 21 heavy (non-hydrogen) atoms. The number of benzene rings is 2. The van der Waals surface area contributed by atoms with Crippen molar-refractivity contribution in [2.45, 2.75) is 12.8 Å². The highest BCUT2D eigenvalue weighted by molar-refractivity contribution is 6.16. The van der Waals surface area contributed by atoms with Gasteiger partial charge in [-0.1, -0.05) is 24.3 Å². The van der Waals surface area contributed by atoms with Gasteiger partial charge in [0.05, 0.1) is 17.1 Å². The highest BCUT2D eigenvalue weighted by Gasteiger charge is 2.15. The maximum atomic E-state index is 14.0. The van der Waals surface area contributed by atoms with Crippen LogP contribution in [-0.4, -0.2) is 9.55 Å². The van der Waals surface area contributed by atoms with Gasteiger partial charge in [0.15, 0.2) is 0 Å². The fourth-order valence-corrected chi connectivity index (χ4v) is 2.57. The number of hydrogen-bond donors (Lipinski definition) is 0. The molecule has 0 spiro atoms. The van der Waals surface area contributed by atoms with Crippen LogP contribution in [0.4, 0.5) is 4.39 Å². The third kappa shape index (κ3) is 2.21. The minimum Gasteiger partial charge on any atom is -0.268 e. The average Bonchev–Trinajstić information content (AvgIpc) is 2.48. The van der Waals surface area contributed by atoms with Crippen molar-refractivity contribution < 1.29 is 4.39 Å². The third-order valence-corrected chi connectivity index (χ3v) is 3.63. The van der Waals surface area contributed by atoms with Crippen molar-refractivity contribution in [3.05, 3.63) is 70.0 Å². The van der Waals surface area contributed by atoms with E-state index in [9.17, 15) is 9.18 Å². The maximum Gasteiger partial charge on any atom is 0.269 e. The summed E-state index contributed by atoms with van der Waals surface area (Å²) in [4.78, 5) is 17.0. The number of para-hydroxylation sites is 1. The summed E-state index contributed by atoms with van der Waals surface area (Å²) in [6, 6.07) is 11.8. The molecule has 0 amide bonds. The summed E-state index contributed by atoms with van der Waals surface area (Å²) in [6.07, 6.45) is 0. The van der Waals surface area contributed by atoms with Crippen LogP contribution in [0.1, 0.15) is 11.4 Å². The normalized spacial score (nSPS) is 11.0. The molecule has 0 fully saturated rings. The van der Waals surface area contributed by atoms with Crippen LogP contribution in [0.5, 0.6) is 0 Å². The first-order chi connectivity index (χ1) is 10.1. The van der Waals surface area contributed by atoms with Gasteiger partial charge in [0.1, 0.15) is 17.0 Å². The largest absolute Gasteiger partial charge is 0.269 e. The van der Waals surface area contributed by atoms with E-state index in [2.05, 4.69) is 4.98 Å². The van der Waals surface area contributed by atoms with E-state index in [1.807, 2.05) is 25.1 Å². The molecule has 0 atom stereocenters. The fourth-order valence-electron chi connectivity index (χ4n) is 2.39. The Morgan fingerprint density at radius 1 is 1.19 bits per heavy atom. The minimum absolute atomic E-state index is 0.0189. The molecule has 0 unspecified atom stereocenters. The van der Waals surface area contributed by atoms with Crippen LogP contribution in [0.3, 0.4) is 0 Å². The molecule has 3 aromatic rings. The molecule has 0 saturated carbocycles. The first-order valence-electron chi connectivity index (χ1n) is 6.45. The number of aryl methyl sites for hydroxylation is 1. The topological polar surface area (TPSA) is 34.9 Å². The number of hydrogen-bond acceptors (Lipinski definition) is 2. The summed E-state index contributed by atoms with van der Waals surface area (Å²) in [6.45, 7) is 1.88. The molecule has 2 aromatic carbocycles. The van der Waals surface area contributed by atoms with E-state index in [-0.39, 0.29) is 11.3 Å². The van der Waals surface area contributed by atoms with Crippen LogP contribution in [-0.2, 0) is 5.88 Å². The highest BCUT2D eigenvalue weighted by atomic mass is 35.5. The van der Waals surface area contributed by atoms with Gasteiger partial charge < -0.3 is 0 Å². The van der Waals surface area contributed by atoms with Gasteiger partial charge in [0.2, 0.25) is 0 Å². The summed E-state index contributed by atoms with van der Waals surface area (Å²) in [5, 5.41) is -0.0189. The van der Waals surface area contributed by atoms with Crippen molar-refractivity contribution in [2.75, 3.05) is 0 Å². The number of halogens is 2. The Morgan fingerprint density at radius 3 is 2.67 bits per heavy atom. The Morgan fingerprint density at radius 2 is 1.95 bits per heavy atom. The lowest BCUT2D eigenvalue weighted by Gasteiger charge is -2.14. The second-order valence-corrected chi connectivity index (χ2v) is 4.99. The van der Waals surface area contributed by atoms with Gasteiger partial charge in [-0.2, -0.15) is 0 Å². The second kappa shape index (κ2) is 5.30. The SMILES string of the molecule is Cc1ccccc1-n1c(CCl)nc2cccc(F)c2c1=O. The molecule has 3 rings (SSSR count). The van der Waals surface area contributed by atoms with Gasteiger partial charge >= 0.3 is 0 Å². The van der Waals surface area contributed by atoms with E-state index >= 15 is 0 Å². The van der Waals surface area contributed by atoms with Gasteiger partial charge in [0.25, 0.3) is 5.56 Å². The molecule has 3 nitrogen and oxygen atoms in total. The minimum atomic E-state index is -0.576. The molecule has 0 saturated heterocycles. The summed E-state index contributed by atoms with van der Waals surface area (Å²) >= 11 is 5.93. The third-order valence-electron chi connectivity index (χ3n) is 3.39. The van der Waals surface area contributed by atoms with Crippen molar-refractivity contribution in [1.29, 1.82) is 0 Å². The number of rotatable bonds is 2. The summed E-state index contributed by atoms with van der Waals surface area (Å²) in [5.74, 6) is -0.113. The van der Waals surface area contributed by atoms with E-state index in [1.165, 1.54) is 16.7 Å². The summed E-state index contributed by atoms with van der Waals surface area (Å²) < 4.78 is 15.4. The number of alkyl halides is 1. The van der Waals surface area contributed by atoms with Gasteiger partial charge in [0, 0.05) is 0 Å². The molecule has 0 N–H and O–H groups in total. The van der Waals surface area contributed by atoms with E-state index in [0.29, 0.717) is 17.0 Å². The van der Waals surface area contributed by atoms with Crippen LogP contribution in [0.15, 0.2) is 47.3 Å². The average molecular weight is 303 g/mol. The number of nitrogens with zero attached hydrogens (tertiary/aromatic N) is 2. The van der Waals surface area contributed by atoms with Crippen molar-refractivity contribution in [3.8, 4) is 5.69 Å². The lowest BCUT2D eigenvalue weighted by molar-refractivity contribution is 0.636. The zero-order valence-corrected chi connectivity index (χ0v) is 12.1. The highest BCUT2D eigenvalue weighted by Crippen LogP contribution is 2.18. The van der Waals surface area contributed by atoms with Crippen LogP contribution in [0.25, 0.3) is 16.6 Å². The maximum absolute atomic E-state index is 14.0. The fraction of sp³-hybridized carbons (Fsp3) is 0.125. The van der Waals surface area contributed by atoms with Crippen molar-refractivity contribution >= 4 is 22.5 Å². The van der Waals surface area contributed by atoms with Crippen molar-refractivity contribution in [2.24, 2.45) is 0 Å². The predicted octanol–water partition coefficient (Wildman–Crippen LogP) is 3.57. The Balaban J connectivity index is 2.48. The zero-order valence-electron chi connectivity index (χ0n) is 11.3. The molecule has 0 aliphatic carbocycles.